The number of nitrogens with zero attached hydrogens (tertiary/aromatic N) is 2. The zero-order chi connectivity index (χ0) is 14.8. The van der Waals surface area contributed by atoms with Gasteiger partial charge in [-0.15, -0.1) is 0 Å². The van der Waals surface area contributed by atoms with Gasteiger partial charge in [-0.1, -0.05) is 26.0 Å². The lowest BCUT2D eigenvalue weighted by molar-refractivity contribution is -0.123. The fourth-order valence-corrected chi connectivity index (χ4v) is 2.81. The van der Waals surface area contributed by atoms with Gasteiger partial charge in [-0.2, -0.15) is 5.26 Å². The Kier molecular flexibility index (Phi) is 4.10. The van der Waals surface area contributed by atoms with Crippen molar-refractivity contribution >= 4 is 11.6 Å². The van der Waals surface area contributed by atoms with Crippen molar-refractivity contribution in [3.05, 3.63) is 29.8 Å². The summed E-state index contributed by atoms with van der Waals surface area (Å²) in [4.78, 5) is 14.3. The molecule has 4 heteroatoms. The van der Waals surface area contributed by atoms with E-state index in [-0.39, 0.29) is 17.4 Å². The smallest absolute Gasteiger partial charge is 0.244 e. The van der Waals surface area contributed by atoms with E-state index < -0.39 is 0 Å². The topological polar surface area (TPSA) is 56.1 Å². The van der Waals surface area contributed by atoms with Gasteiger partial charge < -0.3 is 10.2 Å². The molecule has 1 fully saturated rings. The molecule has 0 aliphatic carbocycles. The molecular formula is C16H21N3O. The highest BCUT2D eigenvalue weighted by Crippen LogP contribution is 2.32. The number of nitrogens with one attached hydrogen (secondary N) is 1. The average Bonchev–Trinajstić information content (AvgIpc) is 2.45. The van der Waals surface area contributed by atoms with Gasteiger partial charge in [-0.25, -0.2) is 0 Å². The van der Waals surface area contributed by atoms with Gasteiger partial charge in [0.05, 0.1) is 17.3 Å². The summed E-state index contributed by atoms with van der Waals surface area (Å²) < 4.78 is 0. The van der Waals surface area contributed by atoms with Crippen LogP contribution in [-0.2, 0) is 4.79 Å². The number of carbonyl (C=O) groups is 1. The lowest BCUT2D eigenvalue weighted by Gasteiger charge is -2.40. The molecule has 1 atom stereocenters. The summed E-state index contributed by atoms with van der Waals surface area (Å²) in [6.07, 6.45) is 2.12. The van der Waals surface area contributed by atoms with Crippen molar-refractivity contribution in [2.24, 2.45) is 5.41 Å². The largest absolute Gasteiger partial charge is 0.313 e. The van der Waals surface area contributed by atoms with E-state index in [1.807, 2.05) is 18.2 Å². The number of hydrogen-bond acceptors (Lipinski definition) is 3. The fraction of sp³-hybridized carbons (Fsp3) is 0.500. The maximum Gasteiger partial charge on any atom is 0.244 e. The molecule has 0 spiro atoms. The molecule has 0 bridgehead atoms. The Hall–Kier alpha value is -1.86. The highest BCUT2D eigenvalue weighted by Gasteiger charge is 2.38. The molecule has 1 aliphatic rings. The van der Waals surface area contributed by atoms with Crippen molar-refractivity contribution in [3.63, 3.8) is 0 Å². The van der Waals surface area contributed by atoms with Gasteiger partial charge >= 0.3 is 0 Å². The van der Waals surface area contributed by atoms with E-state index in [1.165, 1.54) is 0 Å². The number of likely N-dealkylation sites (N-methyl/N-ethyl adjacent to an activating group) is 1. The van der Waals surface area contributed by atoms with Crippen LogP contribution in [0, 0.1) is 16.7 Å². The lowest BCUT2D eigenvalue weighted by Crippen LogP contribution is -2.56. The van der Waals surface area contributed by atoms with Gasteiger partial charge in [-0.05, 0) is 36.9 Å². The number of anilines is 1. The second-order valence-corrected chi connectivity index (χ2v) is 6.01. The molecule has 1 N–H and O–H groups in total. The predicted octanol–water partition coefficient (Wildman–Crippen LogP) is 2.30. The highest BCUT2D eigenvalue weighted by atomic mass is 16.2. The first-order valence-corrected chi connectivity index (χ1v) is 6.97. The molecule has 2 rings (SSSR count). The standard InChI is InChI=1S/C16H21N3O/c1-16(2)9-6-10-18-14(16)15(20)19(3)13-8-5-4-7-12(13)11-17/h4-5,7-8,14,18H,6,9-10H2,1-3H3. The molecule has 0 aromatic heterocycles. The number of benzene rings is 1. The zero-order valence-electron chi connectivity index (χ0n) is 12.3. The summed E-state index contributed by atoms with van der Waals surface area (Å²) in [5, 5.41) is 12.5. The summed E-state index contributed by atoms with van der Waals surface area (Å²) in [6.45, 7) is 5.10. The Morgan fingerprint density at radius 2 is 2.15 bits per heavy atom. The minimum Gasteiger partial charge on any atom is -0.313 e. The van der Waals surface area contributed by atoms with Crippen LogP contribution >= 0.6 is 0 Å². The van der Waals surface area contributed by atoms with E-state index in [9.17, 15) is 4.79 Å². The molecule has 0 radical (unpaired) electrons. The Morgan fingerprint density at radius 3 is 2.80 bits per heavy atom. The summed E-state index contributed by atoms with van der Waals surface area (Å²) in [7, 11) is 1.74. The third kappa shape index (κ3) is 2.68. The zero-order valence-corrected chi connectivity index (χ0v) is 12.3. The molecule has 0 saturated carbocycles. The van der Waals surface area contributed by atoms with Gasteiger partial charge in [0, 0.05) is 7.05 Å². The molecule has 1 aromatic carbocycles. The summed E-state index contributed by atoms with van der Waals surface area (Å²) in [6, 6.07) is 9.14. The minimum atomic E-state index is -0.201. The third-order valence-electron chi connectivity index (χ3n) is 4.09. The van der Waals surface area contributed by atoms with Crippen molar-refractivity contribution in [2.45, 2.75) is 32.7 Å². The Bertz CT molecular complexity index is 545. The van der Waals surface area contributed by atoms with Crippen molar-refractivity contribution in [1.29, 1.82) is 5.26 Å². The van der Waals surface area contributed by atoms with E-state index >= 15 is 0 Å². The van der Waals surface area contributed by atoms with Crippen LogP contribution in [0.5, 0.6) is 0 Å². The second-order valence-electron chi connectivity index (χ2n) is 6.01. The Balaban J connectivity index is 2.27. The first-order valence-electron chi connectivity index (χ1n) is 6.97. The van der Waals surface area contributed by atoms with Gasteiger partial charge in [0.1, 0.15) is 6.07 Å². The number of rotatable bonds is 2. The van der Waals surface area contributed by atoms with Gasteiger partial charge in [0.15, 0.2) is 0 Å². The SMILES string of the molecule is CN(C(=O)C1NCCCC1(C)C)c1ccccc1C#N. The predicted molar refractivity (Wildman–Crippen MR) is 79.4 cm³/mol. The molecule has 1 saturated heterocycles. The normalized spacial score (nSPS) is 21.0. The number of nitriles is 1. The van der Waals surface area contributed by atoms with Crippen molar-refractivity contribution in [2.75, 3.05) is 18.5 Å². The van der Waals surface area contributed by atoms with Gasteiger partial charge in [0.2, 0.25) is 5.91 Å². The average molecular weight is 271 g/mol. The number of carbonyl (C=O) groups excluding carboxylic acids is 1. The van der Waals surface area contributed by atoms with Crippen LogP contribution in [0.25, 0.3) is 0 Å². The molecule has 1 amide bonds. The number of amides is 1. The van der Waals surface area contributed by atoms with Gasteiger partial charge in [-0.3, -0.25) is 4.79 Å². The van der Waals surface area contributed by atoms with Crippen LogP contribution in [0.2, 0.25) is 0 Å². The first-order chi connectivity index (χ1) is 9.47. The van der Waals surface area contributed by atoms with Crippen LogP contribution in [0.3, 0.4) is 0 Å². The van der Waals surface area contributed by atoms with E-state index in [4.69, 9.17) is 5.26 Å². The minimum absolute atomic E-state index is 0.0254. The van der Waals surface area contributed by atoms with Crippen molar-refractivity contribution in [1.82, 2.24) is 5.32 Å². The monoisotopic (exact) mass is 271 g/mol. The number of para-hydroxylation sites is 1. The van der Waals surface area contributed by atoms with Crippen molar-refractivity contribution in [3.8, 4) is 6.07 Å². The molecule has 4 nitrogen and oxygen atoms in total. The first kappa shape index (κ1) is 14.5. The Labute approximate surface area is 120 Å². The van der Waals surface area contributed by atoms with E-state index in [0.717, 1.165) is 19.4 Å². The van der Waals surface area contributed by atoms with Crippen LogP contribution in [-0.4, -0.2) is 25.5 Å². The summed E-state index contributed by atoms with van der Waals surface area (Å²) >= 11 is 0. The second kappa shape index (κ2) is 5.64. The number of piperidine rings is 1. The van der Waals surface area contributed by atoms with Crippen molar-refractivity contribution < 1.29 is 4.79 Å². The molecule has 1 aliphatic heterocycles. The highest BCUT2D eigenvalue weighted by molar-refractivity contribution is 5.98. The van der Waals surface area contributed by atoms with E-state index in [0.29, 0.717) is 11.3 Å². The van der Waals surface area contributed by atoms with Crippen LogP contribution in [0.4, 0.5) is 5.69 Å². The van der Waals surface area contributed by atoms with Gasteiger partial charge in [0.25, 0.3) is 0 Å². The van der Waals surface area contributed by atoms with E-state index in [2.05, 4.69) is 25.2 Å². The molecule has 1 unspecified atom stereocenters. The fourth-order valence-electron chi connectivity index (χ4n) is 2.81. The van der Waals surface area contributed by atoms with Crippen LogP contribution < -0.4 is 10.2 Å². The number of hydrogen-bond donors (Lipinski definition) is 1. The quantitative estimate of drug-likeness (QED) is 0.898. The summed E-state index contributed by atoms with van der Waals surface area (Å²) in [5.74, 6) is 0.0254. The van der Waals surface area contributed by atoms with E-state index in [1.54, 1.807) is 18.0 Å². The molecule has 1 heterocycles. The molecule has 20 heavy (non-hydrogen) atoms. The Morgan fingerprint density at radius 1 is 1.45 bits per heavy atom. The molecule has 106 valence electrons. The maximum atomic E-state index is 12.7. The maximum absolute atomic E-state index is 12.7. The molecule has 1 aromatic rings. The molecular weight excluding hydrogens is 250 g/mol. The third-order valence-corrected chi connectivity index (χ3v) is 4.09. The van der Waals surface area contributed by atoms with Crippen LogP contribution in [0.1, 0.15) is 32.3 Å². The van der Waals surface area contributed by atoms with Crippen LogP contribution in [0.15, 0.2) is 24.3 Å². The lowest BCUT2D eigenvalue weighted by atomic mass is 9.77. The summed E-state index contributed by atoms with van der Waals surface area (Å²) in [5.41, 5.74) is 1.13.